The zero-order valence-corrected chi connectivity index (χ0v) is 12.8. The van der Waals surface area contributed by atoms with Gasteiger partial charge in [-0.3, -0.25) is 4.79 Å². The van der Waals surface area contributed by atoms with Gasteiger partial charge in [-0.2, -0.15) is 0 Å². The Labute approximate surface area is 126 Å². The molecule has 0 spiro atoms. The molecule has 0 unspecified atom stereocenters. The van der Waals surface area contributed by atoms with Crippen LogP contribution in [0, 0.1) is 0 Å². The van der Waals surface area contributed by atoms with Gasteiger partial charge in [-0.25, -0.2) is 13.1 Å². The van der Waals surface area contributed by atoms with Crippen LogP contribution < -0.4 is 4.72 Å². The van der Waals surface area contributed by atoms with E-state index in [9.17, 15) is 13.2 Å². The minimum absolute atomic E-state index is 0.265. The molecule has 2 heterocycles. The number of hydrogen-bond donors (Lipinski definition) is 1. The fourth-order valence-electron chi connectivity index (χ4n) is 2.34. The molecule has 0 fully saturated rings. The fourth-order valence-corrected chi connectivity index (χ4v) is 4.55. The highest BCUT2D eigenvalue weighted by Crippen LogP contribution is 2.29. The van der Waals surface area contributed by atoms with Crippen LogP contribution in [0.5, 0.6) is 0 Å². The number of carbonyl (C=O) groups excluding carboxylic acids is 1. The zero-order valence-electron chi connectivity index (χ0n) is 11.2. The summed E-state index contributed by atoms with van der Waals surface area (Å²) in [6.07, 6.45) is 5.47. The van der Waals surface area contributed by atoms with Gasteiger partial charge in [0.2, 0.25) is 10.0 Å². The van der Waals surface area contributed by atoms with Gasteiger partial charge < -0.3 is 4.52 Å². The second kappa shape index (κ2) is 5.61. The third-order valence-electron chi connectivity index (χ3n) is 3.30. The molecule has 0 bridgehead atoms. The average molecular weight is 326 g/mol. The second-order valence-corrected chi connectivity index (χ2v) is 7.81. The SMILES string of the molecule is O=C(NS(=O)(=O)Cc1ccon1)c1cc2c(s1)CCCC2. The van der Waals surface area contributed by atoms with Crippen molar-refractivity contribution >= 4 is 27.3 Å². The predicted molar refractivity (Wildman–Crippen MR) is 77.6 cm³/mol. The van der Waals surface area contributed by atoms with E-state index < -0.39 is 15.9 Å². The second-order valence-electron chi connectivity index (χ2n) is 4.95. The van der Waals surface area contributed by atoms with E-state index in [1.165, 1.54) is 34.1 Å². The highest BCUT2D eigenvalue weighted by atomic mass is 32.2. The number of nitrogens with one attached hydrogen (secondary N) is 1. The quantitative estimate of drug-likeness (QED) is 0.926. The Morgan fingerprint density at radius 2 is 2.19 bits per heavy atom. The summed E-state index contributed by atoms with van der Waals surface area (Å²) in [5, 5.41) is 3.53. The van der Waals surface area contributed by atoms with Crippen molar-refractivity contribution in [1.29, 1.82) is 0 Å². The van der Waals surface area contributed by atoms with Crippen molar-refractivity contribution < 1.29 is 17.7 Å². The molecule has 1 aliphatic rings. The van der Waals surface area contributed by atoms with Crippen molar-refractivity contribution in [3.8, 4) is 0 Å². The van der Waals surface area contributed by atoms with Crippen molar-refractivity contribution in [3.63, 3.8) is 0 Å². The Balaban J connectivity index is 1.72. The molecule has 0 radical (unpaired) electrons. The van der Waals surface area contributed by atoms with Gasteiger partial charge in [0.25, 0.3) is 5.91 Å². The number of hydrogen-bond acceptors (Lipinski definition) is 6. The molecule has 1 amide bonds. The Morgan fingerprint density at radius 3 is 2.90 bits per heavy atom. The lowest BCUT2D eigenvalue weighted by Crippen LogP contribution is -2.31. The number of nitrogens with zero attached hydrogens (tertiary/aromatic N) is 1. The molecule has 0 atom stereocenters. The van der Waals surface area contributed by atoms with Gasteiger partial charge in [-0.05, 0) is 37.3 Å². The number of fused-ring (bicyclic) bond motifs is 1. The van der Waals surface area contributed by atoms with Crippen LogP contribution in [0.25, 0.3) is 0 Å². The molecule has 8 heteroatoms. The summed E-state index contributed by atoms with van der Waals surface area (Å²) in [7, 11) is -3.77. The third-order valence-corrected chi connectivity index (χ3v) is 5.71. The minimum Gasteiger partial charge on any atom is -0.364 e. The molecular weight excluding hydrogens is 312 g/mol. The van der Waals surface area contributed by atoms with Crippen LogP contribution in [0.1, 0.15) is 38.6 Å². The molecule has 1 N–H and O–H groups in total. The fraction of sp³-hybridized carbons (Fsp3) is 0.385. The summed E-state index contributed by atoms with van der Waals surface area (Å²) in [4.78, 5) is 13.7. The molecule has 0 aromatic carbocycles. The zero-order chi connectivity index (χ0) is 14.9. The van der Waals surface area contributed by atoms with Gasteiger partial charge in [-0.1, -0.05) is 5.16 Å². The molecule has 1 aliphatic carbocycles. The van der Waals surface area contributed by atoms with Crippen LogP contribution >= 0.6 is 11.3 Å². The molecule has 0 saturated carbocycles. The van der Waals surface area contributed by atoms with Gasteiger partial charge in [0, 0.05) is 10.9 Å². The lowest BCUT2D eigenvalue weighted by Gasteiger charge is -2.08. The summed E-state index contributed by atoms with van der Waals surface area (Å²) in [5.74, 6) is -0.946. The van der Waals surface area contributed by atoms with Crippen LogP contribution in [0.4, 0.5) is 0 Å². The molecule has 6 nitrogen and oxygen atoms in total. The highest BCUT2D eigenvalue weighted by molar-refractivity contribution is 7.89. The number of aromatic nitrogens is 1. The van der Waals surface area contributed by atoms with Crippen LogP contribution in [0.15, 0.2) is 22.9 Å². The molecule has 112 valence electrons. The first kappa shape index (κ1) is 14.3. The molecule has 0 saturated heterocycles. The van der Waals surface area contributed by atoms with E-state index in [0.717, 1.165) is 25.7 Å². The first-order valence-electron chi connectivity index (χ1n) is 6.59. The molecular formula is C13H14N2O4S2. The number of thiophene rings is 1. The highest BCUT2D eigenvalue weighted by Gasteiger charge is 2.22. The minimum atomic E-state index is -3.77. The Morgan fingerprint density at radius 1 is 1.38 bits per heavy atom. The van der Waals surface area contributed by atoms with Gasteiger partial charge >= 0.3 is 0 Å². The molecule has 21 heavy (non-hydrogen) atoms. The van der Waals surface area contributed by atoms with Crippen molar-refractivity contribution in [2.24, 2.45) is 0 Å². The summed E-state index contributed by atoms with van der Waals surface area (Å²) >= 11 is 1.38. The lowest BCUT2D eigenvalue weighted by molar-refractivity contribution is 0.0985. The van der Waals surface area contributed by atoms with Crippen LogP contribution in [-0.2, 0) is 28.6 Å². The van der Waals surface area contributed by atoms with Gasteiger partial charge in [0.15, 0.2) is 0 Å². The Bertz CT molecular complexity index is 724. The number of sulfonamides is 1. The molecule has 2 aromatic rings. The predicted octanol–water partition coefficient (Wildman–Crippen LogP) is 1.87. The lowest BCUT2D eigenvalue weighted by atomic mass is 9.99. The van der Waals surface area contributed by atoms with E-state index in [-0.39, 0.29) is 11.4 Å². The standard InChI is InChI=1S/C13H14N2O4S2/c16-13(12-7-9-3-1-2-4-11(9)20-12)15-21(17,18)8-10-5-6-19-14-10/h5-7H,1-4,8H2,(H,15,16). The normalized spacial score (nSPS) is 14.7. The summed E-state index contributed by atoms with van der Waals surface area (Å²) in [5.41, 5.74) is 1.44. The van der Waals surface area contributed by atoms with Gasteiger partial charge in [0.1, 0.15) is 17.7 Å². The smallest absolute Gasteiger partial charge is 0.274 e. The number of amides is 1. The van der Waals surface area contributed by atoms with Crippen molar-refractivity contribution in [2.75, 3.05) is 0 Å². The Hall–Kier alpha value is -1.67. The van der Waals surface area contributed by atoms with E-state index in [1.807, 2.05) is 0 Å². The van der Waals surface area contributed by atoms with Crippen LogP contribution in [0.2, 0.25) is 0 Å². The number of rotatable bonds is 4. The van der Waals surface area contributed by atoms with E-state index in [2.05, 4.69) is 14.4 Å². The largest absolute Gasteiger partial charge is 0.364 e. The van der Waals surface area contributed by atoms with E-state index >= 15 is 0 Å². The molecule has 0 aliphatic heterocycles. The van der Waals surface area contributed by atoms with Gasteiger partial charge in [0.05, 0.1) is 4.88 Å². The summed E-state index contributed by atoms with van der Waals surface area (Å²) in [6, 6.07) is 3.26. The van der Waals surface area contributed by atoms with E-state index in [1.54, 1.807) is 6.07 Å². The van der Waals surface area contributed by atoms with Crippen molar-refractivity contribution in [1.82, 2.24) is 9.88 Å². The maximum Gasteiger partial charge on any atom is 0.274 e. The molecule has 3 rings (SSSR count). The summed E-state index contributed by atoms with van der Waals surface area (Å²) in [6.45, 7) is 0. The average Bonchev–Trinajstić information content (AvgIpc) is 3.05. The third kappa shape index (κ3) is 3.33. The summed E-state index contributed by atoms with van der Waals surface area (Å²) < 4.78 is 30.5. The topological polar surface area (TPSA) is 89.3 Å². The monoisotopic (exact) mass is 326 g/mol. The van der Waals surface area contributed by atoms with Crippen molar-refractivity contribution in [2.45, 2.75) is 31.4 Å². The van der Waals surface area contributed by atoms with E-state index in [0.29, 0.717) is 4.88 Å². The van der Waals surface area contributed by atoms with Crippen LogP contribution in [0.3, 0.4) is 0 Å². The number of aryl methyl sites for hydroxylation is 2. The first-order valence-corrected chi connectivity index (χ1v) is 9.06. The maximum absolute atomic E-state index is 12.1. The van der Waals surface area contributed by atoms with Crippen LogP contribution in [-0.4, -0.2) is 19.5 Å². The van der Waals surface area contributed by atoms with E-state index in [4.69, 9.17) is 0 Å². The van der Waals surface area contributed by atoms with Crippen molar-refractivity contribution in [3.05, 3.63) is 39.4 Å². The molecule has 2 aromatic heterocycles. The maximum atomic E-state index is 12.1. The Kier molecular flexibility index (Phi) is 3.81. The first-order chi connectivity index (χ1) is 10.0. The van der Waals surface area contributed by atoms with Gasteiger partial charge in [-0.15, -0.1) is 11.3 Å². The number of carbonyl (C=O) groups is 1.